The lowest BCUT2D eigenvalue weighted by Gasteiger charge is -2.40. The maximum Gasteiger partial charge on any atom is 0.412 e. The lowest BCUT2D eigenvalue weighted by Crippen LogP contribution is -2.49. The molecule has 1 N–H and O–H groups in total. The van der Waals surface area contributed by atoms with Crippen LogP contribution in [0.2, 0.25) is 0 Å². The van der Waals surface area contributed by atoms with E-state index < -0.39 is 17.9 Å². The van der Waals surface area contributed by atoms with Crippen LogP contribution in [-0.2, 0) is 4.74 Å². The van der Waals surface area contributed by atoms with E-state index in [0.717, 1.165) is 6.42 Å². The Hall–Kier alpha value is -0.770. The third-order valence-electron chi connectivity index (χ3n) is 2.75. The predicted molar refractivity (Wildman–Crippen MR) is 62.0 cm³/mol. The van der Waals surface area contributed by atoms with Gasteiger partial charge in [-0.3, -0.25) is 4.90 Å². The van der Waals surface area contributed by atoms with Crippen LogP contribution in [0.5, 0.6) is 0 Å². The van der Waals surface area contributed by atoms with Gasteiger partial charge in [-0.2, -0.15) is 0 Å². The van der Waals surface area contributed by atoms with Gasteiger partial charge in [0.15, 0.2) is 0 Å². The third kappa shape index (κ3) is 3.67. The topological polar surface area (TPSA) is 49.8 Å². The summed E-state index contributed by atoms with van der Waals surface area (Å²) >= 11 is 0. The molecule has 1 aliphatic heterocycles. The van der Waals surface area contributed by atoms with Gasteiger partial charge in [0.05, 0.1) is 0 Å². The molecule has 1 fully saturated rings. The Morgan fingerprint density at radius 2 is 2.00 bits per heavy atom. The SMILES string of the molecule is CC1(C)CCN(C(=O)OC(C)(C)C)C(O)C1. The fraction of sp³-hybridized carbons (Fsp3) is 0.917. The standard InChI is InChI=1S/C12H23NO3/c1-11(2,3)16-10(15)13-7-6-12(4,5)8-9(13)14/h9,14H,6-8H2,1-5H3. The number of aliphatic hydroxyl groups excluding tert-OH is 1. The van der Waals surface area contributed by atoms with Crippen molar-refractivity contribution in [2.45, 2.75) is 59.3 Å². The molecule has 0 spiro atoms. The Morgan fingerprint density at radius 3 is 2.44 bits per heavy atom. The number of carbonyl (C=O) groups is 1. The van der Waals surface area contributed by atoms with Gasteiger partial charge in [0, 0.05) is 6.54 Å². The number of piperidine rings is 1. The fourth-order valence-corrected chi connectivity index (χ4v) is 1.81. The first-order valence-corrected chi connectivity index (χ1v) is 5.78. The maximum absolute atomic E-state index is 11.8. The zero-order valence-electron chi connectivity index (χ0n) is 10.9. The highest BCUT2D eigenvalue weighted by molar-refractivity contribution is 5.68. The van der Waals surface area contributed by atoms with Gasteiger partial charge >= 0.3 is 6.09 Å². The van der Waals surface area contributed by atoms with Crippen molar-refractivity contribution < 1.29 is 14.6 Å². The lowest BCUT2D eigenvalue weighted by atomic mass is 9.82. The van der Waals surface area contributed by atoms with Gasteiger partial charge in [0.2, 0.25) is 0 Å². The normalized spacial score (nSPS) is 25.4. The number of carbonyl (C=O) groups excluding carboxylic acids is 1. The lowest BCUT2D eigenvalue weighted by molar-refractivity contribution is -0.0704. The van der Waals surface area contributed by atoms with Crippen LogP contribution in [-0.4, -0.2) is 34.5 Å². The number of likely N-dealkylation sites (tertiary alicyclic amines) is 1. The Kier molecular flexibility index (Phi) is 3.53. The first kappa shape index (κ1) is 13.3. The number of ether oxygens (including phenoxy) is 1. The number of rotatable bonds is 0. The molecule has 94 valence electrons. The summed E-state index contributed by atoms with van der Waals surface area (Å²) in [4.78, 5) is 13.2. The summed E-state index contributed by atoms with van der Waals surface area (Å²) in [6.07, 6.45) is 0.351. The van der Waals surface area contributed by atoms with Gasteiger partial charge in [-0.05, 0) is 39.0 Å². The van der Waals surface area contributed by atoms with E-state index in [-0.39, 0.29) is 5.41 Å². The van der Waals surface area contributed by atoms with Crippen LogP contribution in [0.3, 0.4) is 0 Å². The zero-order chi connectivity index (χ0) is 12.6. The van der Waals surface area contributed by atoms with E-state index in [1.54, 1.807) is 0 Å². The molecule has 1 saturated heterocycles. The predicted octanol–water partition coefficient (Wildman–Crippen LogP) is 2.36. The number of amides is 1. The van der Waals surface area contributed by atoms with E-state index >= 15 is 0 Å². The summed E-state index contributed by atoms with van der Waals surface area (Å²) in [5.41, 5.74) is -0.415. The van der Waals surface area contributed by atoms with Crippen LogP contribution in [0.15, 0.2) is 0 Å². The number of hydrogen-bond acceptors (Lipinski definition) is 3. The molecule has 1 aliphatic rings. The minimum absolute atomic E-state index is 0.0952. The Bertz CT molecular complexity index is 268. The molecule has 0 bridgehead atoms. The monoisotopic (exact) mass is 229 g/mol. The fourth-order valence-electron chi connectivity index (χ4n) is 1.81. The summed E-state index contributed by atoms with van der Waals surface area (Å²) in [6.45, 7) is 10.2. The van der Waals surface area contributed by atoms with E-state index in [9.17, 15) is 9.90 Å². The number of nitrogens with zero attached hydrogens (tertiary/aromatic N) is 1. The second kappa shape index (κ2) is 4.24. The highest BCUT2D eigenvalue weighted by Gasteiger charge is 2.36. The minimum atomic E-state index is -0.724. The van der Waals surface area contributed by atoms with Crippen molar-refractivity contribution in [3.8, 4) is 0 Å². The molecule has 0 radical (unpaired) electrons. The van der Waals surface area contributed by atoms with Gasteiger partial charge in [0.25, 0.3) is 0 Å². The molecule has 1 atom stereocenters. The van der Waals surface area contributed by atoms with Crippen molar-refractivity contribution in [3.63, 3.8) is 0 Å². The molecule has 0 aromatic rings. The van der Waals surface area contributed by atoms with Crippen LogP contribution < -0.4 is 0 Å². The van der Waals surface area contributed by atoms with Gasteiger partial charge in [-0.25, -0.2) is 4.79 Å². The molecule has 0 aromatic heterocycles. The van der Waals surface area contributed by atoms with Crippen molar-refractivity contribution in [1.82, 2.24) is 4.90 Å². The van der Waals surface area contributed by atoms with Gasteiger partial charge in [0.1, 0.15) is 11.8 Å². The van der Waals surface area contributed by atoms with Gasteiger partial charge in [-0.15, -0.1) is 0 Å². The second-order valence-electron chi connectivity index (χ2n) is 6.27. The molecule has 0 aromatic carbocycles. The minimum Gasteiger partial charge on any atom is -0.444 e. The summed E-state index contributed by atoms with van der Waals surface area (Å²) < 4.78 is 5.24. The first-order chi connectivity index (χ1) is 7.11. The van der Waals surface area contributed by atoms with Crippen molar-refractivity contribution in [2.24, 2.45) is 5.41 Å². The molecular weight excluding hydrogens is 206 g/mol. The van der Waals surface area contributed by atoms with Gasteiger partial charge in [-0.1, -0.05) is 13.8 Å². The molecule has 0 aliphatic carbocycles. The summed E-state index contributed by atoms with van der Waals surface area (Å²) in [7, 11) is 0. The molecule has 1 heterocycles. The highest BCUT2D eigenvalue weighted by atomic mass is 16.6. The van der Waals surface area contributed by atoms with Gasteiger partial charge < -0.3 is 9.84 Å². The largest absolute Gasteiger partial charge is 0.444 e. The molecule has 0 saturated carbocycles. The number of hydrogen-bond donors (Lipinski definition) is 1. The molecule has 16 heavy (non-hydrogen) atoms. The van der Waals surface area contributed by atoms with Crippen molar-refractivity contribution in [3.05, 3.63) is 0 Å². The summed E-state index contributed by atoms with van der Waals surface area (Å²) in [6, 6.07) is 0. The summed E-state index contributed by atoms with van der Waals surface area (Å²) in [5.74, 6) is 0. The Labute approximate surface area is 97.6 Å². The molecule has 4 heteroatoms. The van der Waals surface area contributed by atoms with E-state index in [1.807, 2.05) is 20.8 Å². The average molecular weight is 229 g/mol. The van der Waals surface area contributed by atoms with Crippen molar-refractivity contribution in [1.29, 1.82) is 0 Å². The summed E-state index contributed by atoms with van der Waals surface area (Å²) in [5, 5.41) is 9.90. The van der Waals surface area contributed by atoms with Crippen LogP contribution in [0.1, 0.15) is 47.5 Å². The molecule has 1 rings (SSSR count). The van der Waals surface area contributed by atoms with Crippen LogP contribution in [0, 0.1) is 5.41 Å². The third-order valence-corrected chi connectivity index (χ3v) is 2.75. The highest BCUT2D eigenvalue weighted by Crippen LogP contribution is 2.33. The maximum atomic E-state index is 11.8. The molecule has 4 nitrogen and oxygen atoms in total. The molecule has 1 amide bonds. The first-order valence-electron chi connectivity index (χ1n) is 5.78. The van der Waals surface area contributed by atoms with Crippen molar-refractivity contribution >= 4 is 6.09 Å². The number of aliphatic hydroxyl groups is 1. The van der Waals surface area contributed by atoms with E-state index in [0.29, 0.717) is 13.0 Å². The zero-order valence-corrected chi connectivity index (χ0v) is 10.9. The van der Waals surface area contributed by atoms with E-state index in [2.05, 4.69) is 13.8 Å². The molecular formula is C12H23NO3. The Morgan fingerprint density at radius 1 is 1.44 bits per heavy atom. The average Bonchev–Trinajstić information content (AvgIpc) is 1.97. The Balaban J connectivity index is 2.59. The smallest absolute Gasteiger partial charge is 0.412 e. The second-order valence-corrected chi connectivity index (χ2v) is 6.27. The van der Waals surface area contributed by atoms with Crippen molar-refractivity contribution in [2.75, 3.05) is 6.54 Å². The van der Waals surface area contributed by atoms with Crippen LogP contribution in [0.4, 0.5) is 4.79 Å². The quantitative estimate of drug-likeness (QED) is 0.693. The van der Waals surface area contributed by atoms with E-state index in [4.69, 9.17) is 4.74 Å². The van der Waals surface area contributed by atoms with Crippen LogP contribution in [0.25, 0.3) is 0 Å². The molecule has 1 unspecified atom stereocenters. The van der Waals surface area contributed by atoms with Crippen LogP contribution >= 0.6 is 0 Å². The van der Waals surface area contributed by atoms with E-state index in [1.165, 1.54) is 4.90 Å².